The van der Waals surface area contributed by atoms with Gasteiger partial charge in [0.25, 0.3) is 5.69 Å². The van der Waals surface area contributed by atoms with Gasteiger partial charge in [0, 0.05) is 18.5 Å². The van der Waals surface area contributed by atoms with Crippen LogP contribution in [0.4, 0.5) is 10.5 Å². The van der Waals surface area contributed by atoms with E-state index in [0.717, 1.165) is 11.5 Å². The fourth-order valence-corrected chi connectivity index (χ4v) is 4.20. The number of nitrogens with zero attached hydrogens (tertiary/aromatic N) is 1. The summed E-state index contributed by atoms with van der Waals surface area (Å²) in [5.41, 5.74) is 0.189. The van der Waals surface area contributed by atoms with E-state index >= 15 is 0 Å². The van der Waals surface area contributed by atoms with Crippen molar-refractivity contribution < 1.29 is 28.0 Å². The van der Waals surface area contributed by atoms with Gasteiger partial charge in [0.1, 0.15) is 5.02 Å². The number of sulfone groups is 1. The lowest BCUT2D eigenvalue weighted by Crippen LogP contribution is -2.22. The largest absolute Gasteiger partial charge is 0.504 e. The van der Waals surface area contributed by atoms with Gasteiger partial charge in [0.2, 0.25) is 0 Å². The molecule has 1 unspecified atom stereocenters. The topological polar surface area (TPSA) is 136 Å². The highest BCUT2D eigenvalue weighted by atomic mass is 35.5. The molecule has 2 N–H and O–H groups in total. The molecule has 1 amide bonds. The standard InChI is InChI=1S/C18H16Cl2N2O7S/c1-21-18(24)29-17-5-2-11(8-16(17)23)6-7-30(27,28)10-14(20)12-3-4-13(19)15(9-12)22(25)26/h2-9,14,23H,10H2,1H3,(H,21,24)/b7-6+. The van der Waals surface area contributed by atoms with Crippen molar-refractivity contribution in [1.29, 1.82) is 0 Å². The molecule has 0 heterocycles. The Bertz CT molecular complexity index is 1100. The Labute approximate surface area is 181 Å². The van der Waals surface area contributed by atoms with Crippen molar-refractivity contribution in [2.75, 3.05) is 12.8 Å². The van der Waals surface area contributed by atoms with Gasteiger partial charge >= 0.3 is 6.09 Å². The molecule has 2 aromatic rings. The minimum absolute atomic E-state index is 0.0842. The summed E-state index contributed by atoms with van der Waals surface area (Å²) in [6, 6.07) is 7.76. The van der Waals surface area contributed by atoms with Gasteiger partial charge in [-0.3, -0.25) is 10.1 Å². The van der Waals surface area contributed by atoms with Crippen LogP contribution < -0.4 is 10.1 Å². The third-order valence-electron chi connectivity index (χ3n) is 3.76. The summed E-state index contributed by atoms with van der Waals surface area (Å²) in [7, 11) is -2.45. The summed E-state index contributed by atoms with van der Waals surface area (Å²) in [5.74, 6) is -0.977. The first-order valence-corrected chi connectivity index (χ1v) is 10.8. The van der Waals surface area contributed by atoms with Gasteiger partial charge in [-0.15, -0.1) is 11.6 Å². The van der Waals surface area contributed by atoms with E-state index in [0.29, 0.717) is 5.56 Å². The quantitative estimate of drug-likeness (QED) is 0.351. The second kappa shape index (κ2) is 9.79. The number of phenolic OH excluding ortho intramolecular Hbond substituents is 1. The summed E-state index contributed by atoms with van der Waals surface area (Å²) in [6.07, 6.45) is 0.457. The first-order chi connectivity index (χ1) is 14.0. The van der Waals surface area contributed by atoms with Gasteiger partial charge in [0.05, 0.1) is 16.1 Å². The normalized spacial score (nSPS) is 12.5. The minimum Gasteiger partial charge on any atom is -0.504 e. The number of aromatic hydroxyl groups is 1. The molecule has 0 fully saturated rings. The van der Waals surface area contributed by atoms with Crippen molar-refractivity contribution in [1.82, 2.24) is 5.32 Å². The maximum Gasteiger partial charge on any atom is 0.412 e. The van der Waals surface area contributed by atoms with Crippen LogP contribution in [0.1, 0.15) is 16.5 Å². The third kappa shape index (κ3) is 6.34. The van der Waals surface area contributed by atoms with E-state index in [1.807, 2.05) is 0 Å². The predicted octanol–water partition coefficient (Wildman–Crippen LogP) is 4.04. The molecule has 0 radical (unpaired) electrons. The van der Waals surface area contributed by atoms with Crippen LogP contribution in [-0.4, -0.2) is 37.3 Å². The minimum atomic E-state index is -3.81. The third-order valence-corrected chi connectivity index (χ3v) is 6.02. The Morgan fingerprint density at radius 2 is 2.03 bits per heavy atom. The Morgan fingerprint density at radius 3 is 2.63 bits per heavy atom. The SMILES string of the molecule is CNC(=O)Oc1ccc(/C=C/S(=O)(=O)CC(Cl)c2ccc(Cl)c([N+](=O)[O-])c2)cc1O. The lowest BCUT2D eigenvalue weighted by Gasteiger charge is -2.09. The zero-order valence-electron chi connectivity index (χ0n) is 15.4. The first kappa shape index (κ1) is 23.5. The molecule has 0 aliphatic rings. The summed E-state index contributed by atoms with van der Waals surface area (Å²) >= 11 is 11.9. The molecule has 9 nitrogen and oxygen atoms in total. The number of rotatable bonds is 7. The van der Waals surface area contributed by atoms with E-state index in [-0.39, 0.29) is 27.8 Å². The Kier molecular flexibility index (Phi) is 7.65. The Morgan fingerprint density at radius 1 is 1.33 bits per heavy atom. The molecule has 2 rings (SSSR count). The summed E-state index contributed by atoms with van der Waals surface area (Å²) in [6.45, 7) is 0. The summed E-state index contributed by atoms with van der Waals surface area (Å²) in [4.78, 5) is 21.5. The average molecular weight is 475 g/mol. The highest BCUT2D eigenvalue weighted by Crippen LogP contribution is 2.31. The number of nitrogens with one attached hydrogen (secondary N) is 1. The van der Waals surface area contributed by atoms with Crippen molar-refractivity contribution in [3.63, 3.8) is 0 Å². The predicted molar refractivity (Wildman–Crippen MR) is 113 cm³/mol. The van der Waals surface area contributed by atoms with Crippen LogP contribution in [0.15, 0.2) is 41.8 Å². The molecule has 0 bridgehead atoms. The number of hydrogen-bond acceptors (Lipinski definition) is 7. The number of phenols is 1. The monoisotopic (exact) mass is 474 g/mol. The highest BCUT2D eigenvalue weighted by Gasteiger charge is 2.21. The second-order valence-electron chi connectivity index (χ2n) is 5.93. The van der Waals surface area contributed by atoms with Crippen molar-refractivity contribution >= 4 is 50.9 Å². The maximum absolute atomic E-state index is 12.3. The number of alkyl halides is 1. The van der Waals surface area contributed by atoms with Crippen LogP contribution in [0.3, 0.4) is 0 Å². The lowest BCUT2D eigenvalue weighted by atomic mass is 10.1. The van der Waals surface area contributed by atoms with Gasteiger partial charge in [-0.1, -0.05) is 23.7 Å². The van der Waals surface area contributed by atoms with E-state index in [4.69, 9.17) is 27.9 Å². The first-order valence-electron chi connectivity index (χ1n) is 8.23. The average Bonchev–Trinajstić information content (AvgIpc) is 2.67. The number of carbonyl (C=O) groups excluding carboxylic acids is 1. The number of nitro benzene ring substituents is 1. The van der Waals surface area contributed by atoms with E-state index in [9.17, 15) is 28.4 Å². The van der Waals surface area contributed by atoms with Gasteiger partial charge in [0.15, 0.2) is 21.3 Å². The van der Waals surface area contributed by atoms with Crippen molar-refractivity contribution in [3.8, 4) is 11.5 Å². The van der Waals surface area contributed by atoms with Crippen LogP contribution in [0, 0.1) is 10.1 Å². The molecule has 12 heteroatoms. The molecule has 30 heavy (non-hydrogen) atoms. The molecule has 1 atom stereocenters. The fourth-order valence-electron chi connectivity index (χ4n) is 2.28. The highest BCUT2D eigenvalue weighted by molar-refractivity contribution is 7.94. The zero-order valence-corrected chi connectivity index (χ0v) is 17.7. The number of carbonyl (C=O) groups is 1. The maximum atomic E-state index is 12.3. The van der Waals surface area contributed by atoms with Crippen LogP contribution in [-0.2, 0) is 9.84 Å². The molecule has 160 valence electrons. The molecule has 0 aromatic heterocycles. The van der Waals surface area contributed by atoms with Crippen molar-refractivity contribution in [2.45, 2.75) is 5.38 Å². The molecule has 0 saturated carbocycles. The summed E-state index contributed by atoms with van der Waals surface area (Å²) in [5, 5.41) is 22.8. The van der Waals surface area contributed by atoms with Crippen LogP contribution in [0.25, 0.3) is 6.08 Å². The van der Waals surface area contributed by atoms with Crippen LogP contribution in [0.2, 0.25) is 5.02 Å². The van der Waals surface area contributed by atoms with E-state index in [1.165, 1.54) is 43.5 Å². The van der Waals surface area contributed by atoms with Crippen LogP contribution >= 0.6 is 23.2 Å². The second-order valence-corrected chi connectivity index (χ2v) is 8.80. The van der Waals surface area contributed by atoms with E-state index in [2.05, 4.69) is 5.32 Å². The van der Waals surface area contributed by atoms with E-state index in [1.54, 1.807) is 0 Å². The molecule has 2 aromatic carbocycles. The Balaban J connectivity index is 2.14. The van der Waals surface area contributed by atoms with Crippen LogP contribution in [0.5, 0.6) is 11.5 Å². The number of halogens is 2. The number of nitro groups is 1. The van der Waals surface area contributed by atoms with Gasteiger partial charge in [-0.25, -0.2) is 13.2 Å². The fraction of sp³-hybridized carbons (Fsp3) is 0.167. The number of ether oxygens (including phenoxy) is 1. The zero-order chi connectivity index (χ0) is 22.5. The molecule has 0 aliphatic carbocycles. The van der Waals surface area contributed by atoms with Crippen molar-refractivity contribution in [3.05, 3.63) is 68.1 Å². The lowest BCUT2D eigenvalue weighted by molar-refractivity contribution is -0.384. The smallest absolute Gasteiger partial charge is 0.412 e. The summed E-state index contributed by atoms with van der Waals surface area (Å²) < 4.78 is 29.5. The van der Waals surface area contributed by atoms with Gasteiger partial charge < -0.3 is 15.2 Å². The molecule has 0 spiro atoms. The Hall–Kier alpha value is -2.82. The van der Waals surface area contributed by atoms with Gasteiger partial charge in [-0.05, 0) is 35.4 Å². The molecular formula is C18H16Cl2N2O7S. The number of amides is 1. The van der Waals surface area contributed by atoms with E-state index < -0.39 is 32.0 Å². The molecular weight excluding hydrogens is 459 g/mol. The number of benzene rings is 2. The van der Waals surface area contributed by atoms with Crippen molar-refractivity contribution in [2.24, 2.45) is 0 Å². The van der Waals surface area contributed by atoms with Gasteiger partial charge in [-0.2, -0.15) is 0 Å². The molecule has 0 saturated heterocycles. The molecule has 0 aliphatic heterocycles. The number of hydrogen-bond donors (Lipinski definition) is 2.